The molecular weight excluding hydrogens is 246 g/mol. The summed E-state index contributed by atoms with van der Waals surface area (Å²) in [7, 11) is 2.09. The minimum atomic E-state index is 0.758. The molecule has 0 saturated heterocycles. The van der Waals surface area contributed by atoms with Crippen molar-refractivity contribution in [2.24, 2.45) is 0 Å². The molecule has 0 saturated carbocycles. The van der Waals surface area contributed by atoms with Crippen molar-refractivity contribution in [1.82, 2.24) is 9.97 Å². The molecule has 0 aliphatic carbocycles. The lowest BCUT2D eigenvalue weighted by Gasteiger charge is -2.21. The van der Waals surface area contributed by atoms with Crippen LogP contribution in [0.2, 0.25) is 0 Å². The van der Waals surface area contributed by atoms with Gasteiger partial charge >= 0.3 is 0 Å². The Morgan fingerprint density at radius 2 is 1.70 bits per heavy atom. The Kier molecular flexibility index (Phi) is 3.33. The Morgan fingerprint density at radius 3 is 2.55 bits per heavy atom. The highest BCUT2D eigenvalue weighted by Crippen LogP contribution is 2.26. The summed E-state index contributed by atoms with van der Waals surface area (Å²) in [6, 6.07) is 14.8. The van der Waals surface area contributed by atoms with E-state index in [1.807, 2.05) is 6.92 Å². The van der Waals surface area contributed by atoms with Gasteiger partial charge in [-0.3, -0.25) is 9.97 Å². The molecule has 0 amide bonds. The second kappa shape index (κ2) is 5.29. The average Bonchev–Trinajstić information content (AvgIpc) is 2.49. The van der Waals surface area contributed by atoms with E-state index in [9.17, 15) is 0 Å². The number of benzene rings is 2. The third-order valence-corrected chi connectivity index (χ3v) is 3.55. The number of fused-ring (bicyclic) bond motifs is 1. The summed E-state index contributed by atoms with van der Waals surface area (Å²) in [4.78, 5) is 10.9. The van der Waals surface area contributed by atoms with Crippen molar-refractivity contribution in [2.45, 2.75) is 13.5 Å². The van der Waals surface area contributed by atoms with Gasteiger partial charge in [0.2, 0.25) is 0 Å². The summed E-state index contributed by atoms with van der Waals surface area (Å²) in [5.41, 5.74) is 3.22. The largest absolute Gasteiger partial charge is 0.368 e. The first-order valence-electron chi connectivity index (χ1n) is 6.71. The van der Waals surface area contributed by atoms with E-state index in [1.54, 1.807) is 12.4 Å². The lowest BCUT2D eigenvalue weighted by molar-refractivity contribution is 0.858. The van der Waals surface area contributed by atoms with Crippen LogP contribution in [0, 0.1) is 6.92 Å². The fourth-order valence-electron chi connectivity index (χ4n) is 2.44. The van der Waals surface area contributed by atoms with E-state index in [2.05, 4.69) is 64.4 Å². The first-order chi connectivity index (χ1) is 9.75. The maximum atomic E-state index is 4.42. The van der Waals surface area contributed by atoms with E-state index in [0.717, 1.165) is 17.9 Å². The van der Waals surface area contributed by atoms with Crippen molar-refractivity contribution < 1.29 is 0 Å². The standard InChI is InChI=1S/C17H17N3/c1-13-16(19-11-10-18-13)12-20(2)17-9-5-7-14-6-3-4-8-15(14)17/h3-11H,12H2,1-2H3. The van der Waals surface area contributed by atoms with Crippen molar-refractivity contribution in [3.63, 3.8) is 0 Å². The van der Waals surface area contributed by atoms with Gasteiger partial charge in [-0.15, -0.1) is 0 Å². The molecule has 0 aliphatic heterocycles. The summed E-state index contributed by atoms with van der Waals surface area (Å²) >= 11 is 0. The smallest absolute Gasteiger partial charge is 0.0808 e. The molecule has 0 aliphatic rings. The fraction of sp³-hybridized carbons (Fsp3) is 0.176. The number of nitrogens with zero attached hydrogens (tertiary/aromatic N) is 3. The van der Waals surface area contributed by atoms with Gasteiger partial charge in [0.25, 0.3) is 0 Å². The van der Waals surface area contributed by atoms with Crippen LogP contribution in [0.15, 0.2) is 54.9 Å². The van der Waals surface area contributed by atoms with Crippen LogP contribution >= 0.6 is 0 Å². The molecule has 0 radical (unpaired) electrons. The van der Waals surface area contributed by atoms with E-state index in [1.165, 1.54) is 16.5 Å². The van der Waals surface area contributed by atoms with E-state index < -0.39 is 0 Å². The normalized spacial score (nSPS) is 10.7. The Labute approximate surface area is 118 Å². The maximum absolute atomic E-state index is 4.42. The molecule has 2 aromatic carbocycles. The van der Waals surface area contributed by atoms with Crippen molar-refractivity contribution >= 4 is 16.5 Å². The van der Waals surface area contributed by atoms with Gasteiger partial charge in [-0.1, -0.05) is 36.4 Å². The van der Waals surface area contributed by atoms with Gasteiger partial charge in [-0.05, 0) is 18.4 Å². The van der Waals surface area contributed by atoms with Crippen LogP contribution in [0.4, 0.5) is 5.69 Å². The van der Waals surface area contributed by atoms with Gasteiger partial charge in [0, 0.05) is 30.5 Å². The van der Waals surface area contributed by atoms with Crippen LogP contribution in [-0.4, -0.2) is 17.0 Å². The number of aryl methyl sites for hydroxylation is 1. The zero-order chi connectivity index (χ0) is 13.9. The summed E-state index contributed by atoms with van der Waals surface area (Å²) in [5.74, 6) is 0. The maximum Gasteiger partial charge on any atom is 0.0808 e. The second-order valence-electron chi connectivity index (χ2n) is 4.94. The average molecular weight is 263 g/mol. The summed E-state index contributed by atoms with van der Waals surface area (Å²) in [6.07, 6.45) is 3.48. The quantitative estimate of drug-likeness (QED) is 0.723. The Morgan fingerprint density at radius 1 is 0.950 bits per heavy atom. The molecule has 3 heteroatoms. The minimum Gasteiger partial charge on any atom is -0.368 e. The molecule has 0 bridgehead atoms. The summed E-state index contributed by atoms with van der Waals surface area (Å²) < 4.78 is 0. The van der Waals surface area contributed by atoms with Crippen LogP contribution < -0.4 is 4.90 Å². The SMILES string of the molecule is Cc1nccnc1CN(C)c1cccc2ccccc12. The minimum absolute atomic E-state index is 0.758. The molecular formula is C17H17N3. The first-order valence-corrected chi connectivity index (χ1v) is 6.71. The van der Waals surface area contributed by atoms with Crippen LogP contribution in [0.1, 0.15) is 11.4 Å². The molecule has 0 fully saturated rings. The van der Waals surface area contributed by atoms with Gasteiger partial charge in [-0.25, -0.2) is 0 Å². The number of anilines is 1. The van der Waals surface area contributed by atoms with Gasteiger partial charge in [0.15, 0.2) is 0 Å². The third kappa shape index (κ3) is 2.35. The fourth-order valence-corrected chi connectivity index (χ4v) is 2.44. The van der Waals surface area contributed by atoms with Gasteiger partial charge < -0.3 is 4.90 Å². The topological polar surface area (TPSA) is 29.0 Å². The van der Waals surface area contributed by atoms with Crippen LogP contribution in [0.5, 0.6) is 0 Å². The molecule has 3 nitrogen and oxygen atoms in total. The number of aromatic nitrogens is 2. The molecule has 20 heavy (non-hydrogen) atoms. The zero-order valence-corrected chi connectivity index (χ0v) is 11.7. The monoisotopic (exact) mass is 263 g/mol. The van der Waals surface area contributed by atoms with Crippen molar-refractivity contribution in [1.29, 1.82) is 0 Å². The number of rotatable bonds is 3. The Balaban J connectivity index is 1.97. The van der Waals surface area contributed by atoms with E-state index in [0.29, 0.717) is 0 Å². The number of hydrogen-bond donors (Lipinski definition) is 0. The highest BCUT2D eigenvalue weighted by molar-refractivity contribution is 5.94. The highest BCUT2D eigenvalue weighted by Gasteiger charge is 2.08. The molecule has 0 unspecified atom stereocenters. The lowest BCUT2D eigenvalue weighted by atomic mass is 10.1. The molecule has 3 aromatic rings. The second-order valence-corrected chi connectivity index (χ2v) is 4.94. The van der Waals surface area contributed by atoms with Crippen molar-refractivity contribution in [2.75, 3.05) is 11.9 Å². The van der Waals surface area contributed by atoms with E-state index >= 15 is 0 Å². The molecule has 0 atom stereocenters. The first kappa shape index (κ1) is 12.6. The molecule has 1 aromatic heterocycles. The zero-order valence-electron chi connectivity index (χ0n) is 11.7. The molecule has 3 rings (SSSR count). The Hall–Kier alpha value is -2.42. The molecule has 1 heterocycles. The number of hydrogen-bond acceptors (Lipinski definition) is 3. The van der Waals surface area contributed by atoms with Crippen LogP contribution in [0.25, 0.3) is 10.8 Å². The highest BCUT2D eigenvalue weighted by atomic mass is 15.1. The van der Waals surface area contributed by atoms with E-state index in [4.69, 9.17) is 0 Å². The molecule has 0 spiro atoms. The van der Waals surface area contributed by atoms with Crippen LogP contribution in [-0.2, 0) is 6.54 Å². The van der Waals surface area contributed by atoms with Gasteiger partial charge in [-0.2, -0.15) is 0 Å². The third-order valence-electron chi connectivity index (χ3n) is 3.55. The van der Waals surface area contributed by atoms with E-state index in [-0.39, 0.29) is 0 Å². The van der Waals surface area contributed by atoms with Crippen molar-refractivity contribution in [3.05, 3.63) is 66.2 Å². The summed E-state index contributed by atoms with van der Waals surface area (Å²) in [5, 5.41) is 2.52. The Bertz CT molecular complexity index is 732. The molecule has 0 N–H and O–H groups in total. The lowest BCUT2D eigenvalue weighted by Crippen LogP contribution is -2.18. The molecule has 100 valence electrons. The van der Waals surface area contributed by atoms with Crippen molar-refractivity contribution in [3.8, 4) is 0 Å². The predicted molar refractivity (Wildman–Crippen MR) is 82.8 cm³/mol. The summed E-state index contributed by atoms with van der Waals surface area (Å²) in [6.45, 7) is 2.76. The van der Waals surface area contributed by atoms with Crippen LogP contribution in [0.3, 0.4) is 0 Å². The van der Waals surface area contributed by atoms with Gasteiger partial charge in [0.05, 0.1) is 17.9 Å². The predicted octanol–water partition coefficient (Wildman–Crippen LogP) is 3.57. The van der Waals surface area contributed by atoms with Gasteiger partial charge in [0.1, 0.15) is 0 Å².